The number of aromatic nitrogens is 3. The fourth-order valence-corrected chi connectivity index (χ4v) is 2.94. The van der Waals surface area contributed by atoms with Crippen molar-refractivity contribution in [3.8, 4) is 0 Å². The number of Topliss-reactive ketones (excluding diaryl/α,β-unsaturated/α-hetero) is 1. The Hall–Kier alpha value is -2.44. The maximum absolute atomic E-state index is 12.6. The number of amides is 1. The number of nitrogens with one attached hydrogen (secondary N) is 2. The molecule has 21 heavy (non-hydrogen) atoms. The second kappa shape index (κ2) is 5.51. The zero-order chi connectivity index (χ0) is 14.8. The molecule has 3 N–H and O–H groups in total. The maximum atomic E-state index is 12.6. The lowest BCUT2D eigenvalue weighted by Crippen LogP contribution is -2.38. The van der Waals surface area contributed by atoms with Crippen molar-refractivity contribution in [3.05, 3.63) is 24.3 Å². The van der Waals surface area contributed by atoms with Gasteiger partial charge in [0.05, 0.1) is 0 Å². The van der Waals surface area contributed by atoms with Crippen LogP contribution in [0.5, 0.6) is 0 Å². The smallest absolute Gasteiger partial charge is 0.404 e. The third-order valence-corrected chi connectivity index (χ3v) is 4.01. The first-order valence-electron chi connectivity index (χ1n) is 6.97. The zero-order valence-electron chi connectivity index (χ0n) is 11.4. The van der Waals surface area contributed by atoms with Crippen LogP contribution >= 0.6 is 0 Å². The summed E-state index contributed by atoms with van der Waals surface area (Å²) in [5, 5.41) is 11.9. The molecule has 7 heteroatoms. The fraction of sp³-hybridized carbons (Fsp3) is 0.429. The first-order chi connectivity index (χ1) is 10.1. The second-order valence-electron chi connectivity index (χ2n) is 5.32. The van der Waals surface area contributed by atoms with Crippen LogP contribution in [-0.4, -0.2) is 38.0 Å². The Morgan fingerprint density at radius 2 is 2.00 bits per heavy atom. The molecule has 2 heterocycles. The van der Waals surface area contributed by atoms with E-state index in [0.29, 0.717) is 37.0 Å². The lowest BCUT2D eigenvalue weighted by molar-refractivity contribution is 0.0876. The molecule has 0 atom stereocenters. The molecule has 0 aliphatic heterocycles. The molecular weight excluding hydrogens is 272 g/mol. The predicted molar refractivity (Wildman–Crippen MR) is 75.1 cm³/mol. The minimum Gasteiger partial charge on any atom is -0.465 e. The van der Waals surface area contributed by atoms with Crippen LogP contribution in [0.15, 0.2) is 18.6 Å². The number of carboxylic acid groups (broad SMARTS) is 1. The van der Waals surface area contributed by atoms with Gasteiger partial charge in [-0.1, -0.05) is 0 Å². The third kappa shape index (κ3) is 2.72. The summed E-state index contributed by atoms with van der Waals surface area (Å²) in [6.07, 6.45) is 4.86. The van der Waals surface area contributed by atoms with Crippen molar-refractivity contribution in [1.29, 1.82) is 0 Å². The van der Waals surface area contributed by atoms with Gasteiger partial charge in [-0.05, 0) is 31.7 Å². The highest BCUT2D eigenvalue weighted by Gasteiger charge is 2.29. The highest BCUT2D eigenvalue weighted by atomic mass is 16.4. The average Bonchev–Trinajstić information content (AvgIpc) is 2.95. The lowest BCUT2D eigenvalue weighted by atomic mass is 9.82. The van der Waals surface area contributed by atoms with E-state index < -0.39 is 6.09 Å². The van der Waals surface area contributed by atoms with Crippen molar-refractivity contribution in [1.82, 2.24) is 20.3 Å². The number of hydrogen-bond acceptors (Lipinski definition) is 4. The number of fused-ring (bicyclic) bond motifs is 1. The van der Waals surface area contributed by atoms with Crippen LogP contribution < -0.4 is 5.32 Å². The Morgan fingerprint density at radius 1 is 1.24 bits per heavy atom. The van der Waals surface area contributed by atoms with Crippen LogP contribution in [0.2, 0.25) is 0 Å². The highest BCUT2D eigenvalue weighted by molar-refractivity contribution is 6.06. The number of rotatable bonds is 3. The number of H-pyrrole nitrogens is 1. The molecule has 110 valence electrons. The molecule has 2 aromatic heterocycles. The van der Waals surface area contributed by atoms with Gasteiger partial charge in [-0.15, -0.1) is 0 Å². The van der Waals surface area contributed by atoms with E-state index in [4.69, 9.17) is 5.11 Å². The average molecular weight is 288 g/mol. The molecule has 1 aliphatic carbocycles. The van der Waals surface area contributed by atoms with Crippen LogP contribution in [0.1, 0.15) is 36.2 Å². The first-order valence-corrected chi connectivity index (χ1v) is 6.97. The molecule has 3 rings (SSSR count). The number of nitrogens with zero attached hydrogens (tertiary/aromatic N) is 2. The molecule has 0 bridgehead atoms. The largest absolute Gasteiger partial charge is 0.465 e. The molecule has 7 nitrogen and oxygen atoms in total. The molecule has 0 unspecified atom stereocenters. The van der Waals surface area contributed by atoms with Gasteiger partial charge in [0, 0.05) is 23.5 Å². The summed E-state index contributed by atoms with van der Waals surface area (Å²) in [4.78, 5) is 34.4. The van der Waals surface area contributed by atoms with E-state index in [9.17, 15) is 9.59 Å². The summed E-state index contributed by atoms with van der Waals surface area (Å²) in [6.45, 7) is 0. The molecule has 0 spiro atoms. The van der Waals surface area contributed by atoms with Gasteiger partial charge in [0.1, 0.15) is 17.7 Å². The Labute approximate surface area is 120 Å². The van der Waals surface area contributed by atoms with Crippen LogP contribution in [0, 0.1) is 5.92 Å². The zero-order valence-corrected chi connectivity index (χ0v) is 11.4. The summed E-state index contributed by atoms with van der Waals surface area (Å²) in [5.74, 6) is -0.0689. The van der Waals surface area contributed by atoms with Crippen LogP contribution in [0.3, 0.4) is 0 Å². The number of ketones is 1. The molecule has 2 aromatic rings. The van der Waals surface area contributed by atoms with Crippen molar-refractivity contribution in [3.63, 3.8) is 0 Å². The van der Waals surface area contributed by atoms with Gasteiger partial charge >= 0.3 is 6.09 Å². The van der Waals surface area contributed by atoms with Gasteiger partial charge in [0.2, 0.25) is 0 Å². The molecule has 1 fully saturated rings. The van der Waals surface area contributed by atoms with Gasteiger partial charge in [-0.2, -0.15) is 0 Å². The minimum absolute atomic E-state index is 0.0239. The number of hydrogen-bond donors (Lipinski definition) is 3. The SMILES string of the molecule is O=C(O)NC1CCC(C(=O)c2ncnc3[nH]ccc23)CC1. The van der Waals surface area contributed by atoms with Gasteiger partial charge in [-0.25, -0.2) is 14.8 Å². The summed E-state index contributed by atoms with van der Waals surface area (Å²) < 4.78 is 0. The van der Waals surface area contributed by atoms with Gasteiger partial charge < -0.3 is 15.4 Å². The lowest BCUT2D eigenvalue weighted by Gasteiger charge is -2.27. The van der Waals surface area contributed by atoms with E-state index in [1.54, 1.807) is 12.3 Å². The second-order valence-corrected chi connectivity index (χ2v) is 5.32. The highest BCUT2D eigenvalue weighted by Crippen LogP contribution is 2.28. The quantitative estimate of drug-likeness (QED) is 0.748. The topological polar surface area (TPSA) is 108 Å². The number of carbonyl (C=O) groups is 2. The monoisotopic (exact) mass is 288 g/mol. The Kier molecular flexibility index (Phi) is 3.55. The molecular formula is C14H16N4O3. The van der Waals surface area contributed by atoms with E-state index in [1.165, 1.54) is 6.33 Å². The Bertz CT molecular complexity index is 674. The van der Waals surface area contributed by atoms with E-state index in [1.807, 2.05) is 0 Å². The third-order valence-electron chi connectivity index (χ3n) is 4.01. The maximum Gasteiger partial charge on any atom is 0.404 e. The normalized spacial score (nSPS) is 22.1. The molecule has 1 saturated carbocycles. The van der Waals surface area contributed by atoms with Crippen molar-refractivity contribution >= 4 is 22.9 Å². The summed E-state index contributed by atoms with van der Waals surface area (Å²) in [7, 11) is 0. The number of aromatic amines is 1. The molecule has 0 saturated heterocycles. The van der Waals surface area contributed by atoms with Gasteiger partial charge in [0.15, 0.2) is 5.78 Å². The molecule has 0 radical (unpaired) electrons. The first kappa shape index (κ1) is 13.5. The van der Waals surface area contributed by atoms with E-state index in [0.717, 1.165) is 5.39 Å². The minimum atomic E-state index is -1.00. The summed E-state index contributed by atoms with van der Waals surface area (Å²) in [5.41, 5.74) is 1.12. The summed E-state index contributed by atoms with van der Waals surface area (Å²) in [6, 6.07) is 1.75. The summed E-state index contributed by atoms with van der Waals surface area (Å²) >= 11 is 0. The van der Waals surface area contributed by atoms with Crippen LogP contribution in [0.4, 0.5) is 4.79 Å². The fourth-order valence-electron chi connectivity index (χ4n) is 2.94. The van der Waals surface area contributed by atoms with Crippen LogP contribution in [-0.2, 0) is 0 Å². The van der Waals surface area contributed by atoms with Crippen LogP contribution in [0.25, 0.3) is 11.0 Å². The van der Waals surface area contributed by atoms with Crippen molar-refractivity contribution in [2.24, 2.45) is 5.92 Å². The Balaban J connectivity index is 1.72. The van der Waals surface area contributed by atoms with E-state index >= 15 is 0 Å². The predicted octanol–water partition coefficient (Wildman–Crippen LogP) is 1.97. The van der Waals surface area contributed by atoms with E-state index in [-0.39, 0.29) is 17.7 Å². The van der Waals surface area contributed by atoms with Crippen molar-refractivity contribution < 1.29 is 14.7 Å². The van der Waals surface area contributed by atoms with Gasteiger partial charge in [0.25, 0.3) is 0 Å². The molecule has 0 aromatic carbocycles. The van der Waals surface area contributed by atoms with E-state index in [2.05, 4.69) is 20.3 Å². The number of carbonyl (C=O) groups excluding carboxylic acids is 1. The Morgan fingerprint density at radius 3 is 2.71 bits per heavy atom. The van der Waals surface area contributed by atoms with Crippen molar-refractivity contribution in [2.75, 3.05) is 0 Å². The van der Waals surface area contributed by atoms with Gasteiger partial charge in [-0.3, -0.25) is 4.79 Å². The molecule has 1 amide bonds. The van der Waals surface area contributed by atoms with Crippen molar-refractivity contribution in [2.45, 2.75) is 31.7 Å². The standard InChI is InChI=1S/C14H16N4O3/c19-12(8-1-3-9(4-2-8)18-14(20)21)11-10-5-6-15-13(10)17-7-16-11/h5-9,18H,1-4H2,(H,20,21)(H,15,16,17). The molecule has 1 aliphatic rings.